The van der Waals surface area contributed by atoms with Gasteiger partial charge in [-0.2, -0.15) is 5.26 Å². The number of hydrogen-bond donors (Lipinski definition) is 1. The molecule has 0 aromatic heterocycles. The molecule has 1 aliphatic rings. The predicted octanol–water partition coefficient (Wildman–Crippen LogP) is 0.650. The van der Waals surface area contributed by atoms with Crippen molar-refractivity contribution >= 4 is 11.8 Å². The lowest BCUT2D eigenvalue weighted by Gasteiger charge is -2.32. The summed E-state index contributed by atoms with van der Waals surface area (Å²) in [6.45, 7) is 3.11. The van der Waals surface area contributed by atoms with E-state index in [1.165, 1.54) is 0 Å². The van der Waals surface area contributed by atoms with E-state index >= 15 is 0 Å². The van der Waals surface area contributed by atoms with Crippen molar-refractivity contribution < 1.29 is 9.59 Å². The highest BCUT2D eigenvalue weighted by Crippen LogP contribution is 2.21. The molecule has 1 rings (SSSR count). The summed E-state index contributed by atoms with van der Waals surface area (Å²) in [6.07, 6.45) is 2.56. The van der Waals surface area contributed by atoms with Crippen molar-refractivity contribution in [3.8, 4) is 6.07 Å². The van der Waals surface area contributed by atoms with E-state index in [1.54, 1.807) is 4.90 Å². The standard InChI is InChI=1S/C12H19N3O2/c1-2-10(8-13)12(17)15-5-3-9(4-6-15)7-11(14)16/h9-10H,2-7H2,1H3,(H2,14,16). The van der Waals surface area contributed by atoms with Crippen molar-refractivity contribution in [2.45, 2.75) is 32.6 Å². The summed E-state index contributed by atoms with van der Waals surface area (Å²) in [4.78, 5) is 24.4. The number of amides is 2. The number of nitriles is 1. The molecule has 5 nitrogen and oxygen atoms in total. The number of rotatable bonds is 4. The van der Waals surface area contributed by atoms with E-state index in [9.17, 15) is 9.59 Å². The second-order valence-electron chi connectivity index (χ2n) is 4.53. The number of hydrogen-bond acceptors (Lipinski definition) is 3. The van der Waals surface area contributed by atoms with E-state index in [4.69, 9.17) is 11.0 Å². The number of carbonyl (C=O) groups is 2. The molecular formula is C12H19N3O2. The first-order valence-electron chi connectivity index (χ1n) is 6.05. The fourth-order valence-corrected chi connectivity index (χ4v) is 2.18. The van der Waals surface area contributed by atoms with Gasteiger partial charge in [0, 0.05) is 19.5 Å². The molecule has 1 aliphatic heterocycles. The molecule has 0 bridgehead atoms. The molecule has 0 aliphatic carbocycles. The van der Waals surface area contributed by atoms with Crippen LogP contribution < -0.4 is 5.73 Å². The van der Waals surface area contributed by atoms with Crippen LogP contribution >= 0.6 is 0 Å². The third-order valence-corrected chi connectivity index (χ3v) is 3.28. The van der Waals surface area contributed by atoms with Crippen LogP contribution in [-0.2, 0) is 9.59 Å². The molecule has 1 unspecified atom stereocenters. The Bertz CT molecular complexity index is 327. The van der Waals surface area contributed by atoms with E-state index in [1.807, 2.05) is 13.0 Å². The minimum absolute atomic E-state index is 0.0764. The molecule has 1 atom stereocenters. The summed E-state index contributed by atoms with van der Waals surface area (Å²) in [5, 5.41) is 8.84. The van der Waals surface area contributed by atoms with Gasteiger partial charge in [0.15, 0.2) is 0 Å². The molecular weight excluding hydrogens is 218 g/mol. The molecule has 17 heavy (non-hydrogen) atoms. The lowest BCUT2D eigenvalue weighted by atomic mass is 9.92. The number of primary amides is 1. The number of carbonyl (C=O) groups excluding carboxylic acids is 2. The van der Waals surface area contributed by atoms with E-state index in [0.717, 1.165) is 12.8 Å². The molecule has 1 heterocycles. The van der Waals surface area contributed by atoms with Crippen LogP contribution in [0.5, 0.6) is 0 Å². The molecule has 0 radical (unpaired) electrons. The van der Waals surface area contributed by atoms with E-state index in [2.05, 4.69) is 0 Å². The smallest absolute Gasteiger partial charge is 0.239 e. The minimum atomic E-state index is -0.525. The second-order valence-corrected chi connectivity index (χ2v) is 4.53. The monoisotopic (exact) mass is 237 g/mol. The number of nitrogens with zero attached hydrogens (tertiary/aromatic N) is 2. The van der Waals surface area contributed by atoms with E-state index in [0.29, 0.717) is 31.8 Å². The third-order valence-electron chi connectivity index (χ3n) is 3.28. The molecule has 0 aromatic carbocycles. The fourth-order valence-electron chi connectivity index (χ4n) is 2.18. The molecule has 0 saturated carbocycles. The quantitative estimate of drug-likeness (QED) is 0.778. The predicted molar refractivity (Wildman–Crippen MR) is 62.5 cm³/mol. The van der Waals surface area contributed by atoms with Gasteiger partial charge in [-0.1, -0.05) is 6.92 Å². The van der Waals surface area contributed by atoms with Crippen LogP contribution in [0.1, 0.15) is 32.6 Å². The van der Waals surface area contributed by atoms with Crippen LogP contribution in [0.25, 0.3) is 0 Å². The van der Waals surface area contributed by atoms with Crippen LogP contribution in [0.2, 0.25) is 0 Å². The first kappa shape index (κ1) is 13.5. The topological polar surface area (TPSA) is 87.2 Å². The van der Waals surface area contributed by atoms with Gasteiger partial charge in [-0.05, 0) is 25.2 Å². The zero-order chi connectivity index (χ0) is 12.8. The van der Waals surface area contributed by atoms with Crippen LogP contribution in [0.15, 0.2) is 0 Å². The summed E-state index contributed by atoms with van der Waals surface area (Å²) in [5.41, 5.74) is 5.15. The van der Waals surface area contributed by atoms with Gasteiger partial charge in [-0.25, -0.2) is 0 Å². The van der Waals surface area contributed by atoms with Crippen LogP contribution in [0.4, 0.5) is 0 Å². The molecule has 0 aromatic rings. The van der Waals surface area contributed by atoms with Crippen molar-refractivity contribution in [2.24, 2.45) is 17.6 Å². The van der Waals surface area contributed by atoms with Crippen molar-refractivity contribution in [1.29, 1.82) is 5.26 Å². The highest BCUT2D eigenvalue weighted by atomic mass is 16.2. The Morgan fingerprint density at radius 3 is 2.47 bits per heavy atom. The van der Waals surface area contributed by atoms with Gasteiger partial charge < -0.3 is 10.6 Å². The Kier molecular flexibility index (Phi) is 4.95. The summed E-state index contributed by atoms with van der Waals surface area (Å²) < 4.78 is 0. The molecule has 2 amide bonds. The van der Waals surface area contributed by atoms with Gasteiger partial charge in [-0.15, -0.1) is 0 Å². The van der Waals surface area contributed by atoms with Crippen molar-refractivity contribution in [3.63, 3.8) is 0 Å². The molecule has 2 N–H and O–H groups in total. The van der Waals surface area contributed by atoms with Crippen LogP contribution in [0, 0.1) is 23.2 Å². The first-order chi connectivity index (χ1) is 8.08. The fraction of sp³-hybridized carbons (Fsp3) is 0.750. The lowest BCUT2D eigenvalue weighted by molar-refractivity contribution is -0.135. The maximum atomic E-state index is 11.9. The highest BCUT2D eigenvalue weighted by Gasteiger charge is 2.27. The Labute approximate surface area is 102 Å². The van der Waals surface area contributed by atoms with E-state index < -0.39 is 5.92 Å². The van der Waals surface area contributed by atoms with Crippen molar-refractivity contribution in [2.75, 3.05) is 13.1 Å². The average molecular weight is 237 g/mol. The van der Waals surface area contributed by atoms with Crippen molar-refractivity contribution in [1.82, 2.24) is 4.90 Å². The maximum absolute atomic E-state index is 11.9. The van der Waals surface area contributed by atoms with Crippen LogP contribution in [0.3, 0.4) is 0 Å². The highest BCUT2D eigenvalue weighted by molar-refractivity contribution is 5.81. The average Bonchev–Trinajstić information content (AvgIpc) is 2.30. The minimum Gasteiger partial charge on any atom is -0.370 e. The van der Waals surface area contributed by atoms with Crippen molar-refractivity contribution in [3.05, 3.63) is 0 Å². The molecule has 5 heteroatoms. The van der Waals surface area contributed by atoms with Gasteiger partial charge in [0.25, 0.3) is 0 Å². The molecule has 94 valence electrons. The summed E-state index contributed by atoms with van der Waals surface area (Å²) in [6, 6.07) is 2.03. The Hall–Kier alpha value is -1.57. The molecule has 0 spiro atoms. The van der Waals surface area contributed by atoms with E-state index in [-0.39, 0.29) is 11.8 Å². The van der Waals surface area contributed by atoms with Gasteiger partial charge in [0.2, 0.25) is 11.8 Å². The number of piperidine rings is 1. The Morgan fingerprint density at radius 1 is 1.47 bits per heavy atom. The maximum Gasteiger partial charge on any atom is 0.239 e. The first-order valence-corrected chi connectivity index (χ1v) is 6.05. The summed E-state index contributed by atoms with van der Waals surface area (Å²) >= 11 is 0. The Balaban J connectivity index is 2.44. The second kappa shape index (κ2) is 6.24. The molecule has 1 fully saturated rings. The van der Waals surface area contributed by atoms with Crippen LogP contribution in [-0.4, -0.2) is 29.8 Å². The summed E-state index contributed by atoms with van der Waals surface area (Å²) in [7, 11) is 0. The van der Waals surface area contributed by atoms with Gasteiger partial charge in [0.1, 0.15) is 5.92 Å². The number of likely N-dealkylation sites (tertiary alicyclic amines) is 1. The largest absolute Gasteiger partial charge is 0.370 e. The Morgan fingerprint density at radius 2 is 2.06 bits per heavy atom. The SMILES string of the molecule is CCC(C#N)C(=O)N1CCC(CC(N)=O)CC1. The summed E-state index contributed by atoms with van der Waals surface area (Å²) in [5.74, 6) is -0.591. The van der Waals surface area contributed by atoms with Gasteiger partial charge in [-0.3, -0.25) is 9.59 Å². The normalized spacial score (nSPS) is 18.5. The zero-order valence-corrected chi connectivity index (χ0v) is 10.2. The lowest BCUT2D eigenvalue weighted by Crippen LogP contribution is -2.42. The molecule has 1 saturated heterocycles. The zero-order valence-electron chi connectivity index (χ0n) is 10.2. The number of nitrogens with two attached hydrogens (primary N) is 1. The van der Waals surface area contributed by atoms with Gasteiger partial charge >= 0.3 is 0 Å². The third kappa shape index (κ3) is 3.74. The van der Waals surface area contributed by atoms with Gasteiger partial charge in [0.05, 0.1) is 6.07 Å².